The van der Waals surface area contributed by atoms with Crippen LogP contribution >= 0.6 is 0 Å². The highest BCUT2D eigenvalue weighted by atomic mass is 16.5. The Balaban J connectivity index is 3.13. The third-order valence-corrected chi connectivity index (χ3v) is 1.34. The topological polar surface area (TPSA) is 59.2 Å². The summed E-state index contributed by atoms with van der Waals surface area (Å²) in [5, 5.41) is 0. The standard InChI is InChI=1S/C8H9NO3/c1-5-8(12-6(2)10)7(11)3-4-9-5/h3-4H,1-2H3,(H,9,11). The summed E-state index contributed by atoms with van der Waals surface area (Å²) in [5.41, 5.74) is 0.263. The predicted octanol–water partition coefficient (Wildman–Crippen LogP) is 0.609. The molecule has 12 heavy (non-hydrogen) atoms. The van der Waals surface area contributed by atoms with Crippen LogP contribution in [0.4, 0.5) is 0 Å². The van der Waals surface area contributed by atoms with Crippen molar-refractivity contribution in [2.24, 2.45) is 0 Å². The van der Waals surface area contributed by atoms with Crippen LogP contribution in [-0.2, 0) is 4.79 Å². The molecule has 0 aliphatic heterocycles. The van der Waals surface area contributed by atoms with Crippen molar-refractivity contribution >= 4 is 5.97 Å². The van der Waals surface area contributed by atoms with E-state index in [1.165, 1.54) is 19.2 Å². The van der Waals surface area contributed by atoms with Gasteiger partial charge in [0.25, 0.3) is 0 Å². The summed E-state index contributed by atoms with van der Waals surface area (Å²) in [7, 11) is 0. The van der Waals surface area contributed by atoms with Crippen LogP contribution in [0.3, 0.4) is 0 Å². The first-order valence-corrected chi connectivity index (χ1v) is 3.48. The smallest absolute Gasteiger partial charge is 0.308 e. The zero-order chi connectivity index (χ0) is 9.14. The number of hydrogen-bond donors (Lipinski definition) is 1. The maximum absolute atomic E-state index is 11.1. The van der Waals surface area contributed by atoms with Crippen molar-refractivity contribution in [3.05, 3.63) is 28.2 Å². The fourth-order valence-electron chi connectivity index (χ4n) is 0.839. The van der Waals surface area contributed by atoms with Gasteiger partial charge in [-0.15, -0.1) is 0 Å². The molecule has 4 nitrogen and oxygen atoms in total. The van der Waals surface area contributed by atoms with Crippen LogP contribution in [0.2, 0.25) is 0 Å². The molecule has 0 aliphatic rings. The molecule has 0 fully saturated rings. The highest BCUT2D eigenvalue weighted by Crippen LogP contribution is 2.06. The minimum absolute atomic E-state index is 0.0741. The third kappa shape index (κ3) is 1.72. The van der Waals surface area contributed by atoms with Gasteiger partial charge in [-0.05, 0) is 6.92 Å². The van der Waals surface area contributed by atoms with Gasteiger partial charge >= 0.3 is 5.97 Å². The number of carbonyl (C=O) groups is 1. The molecule has 1 aromatic heterocycles. The largest absolute Gasteiger partial charge is 0.421 e. The number of pyridine rings is 1. The molecule has 1 N–H and O–H groups in total. The number of esters is 1. The summed E-state index contributed by atoms with van der Waals surface area (Å²) in [6, 6.07) is 1.31. The van der Waals surface area contributed by atoms with Crippen molar-refractivity contribution in [2.45, 2.75) is 13.8 Å². The molecule has 1 heterocycles. The fraction of sp³-hybridized carbons (Fsp3) is 0.250. The van der Waals surface area contributed by atoms with Crippen molar-refractivity contribution in [3.8, 4) is 5.75 Å². The van der Waals surface area contributed by atoms with Crippen LogP contribution in [0, 0.1) is 6.92 Å². The van der Waals surface area contributed by atoms with Crippen LogP contribution in [-0.4, -0.2) is 11.0 Å². The fourth-order valence-corrected chi connectivity index (χ4v) is 0.839. The van der Waals surface area contributed by atoms with Gasteiger partial charge in [0.1, 0.15) is 0 Å². The molecule has 1 rings (SSSR count). The van der Waals surface area contributed by atoms with Gasteiger partial charge in [0.2, 0.25) is 5.43 Å². The van der Waals surface area contributed by atoms with E-state index in [0.717, 1.165) is 0 Å². The zero-order valence-corrected chi connectivity index (χ0v) is 6.88. The van der Waals surface area contributed by atoms with Crippen LogP contribution in [0.1, 0.15) is 12.6 Å². The van der Waals surface area contributed by atoms with Gasteiger partial charge in [-0.2, -0.15) is 0 Å². The molecule has 0 atom stereocenters. The van der Waals surface area contributed by atoms with Crippen LogP contribution in [0.25, 0.3) is 0 Å². The van der Waals surface area contributed by atoms with E-state index in [0.29, 0.717) is 5.69 Å². The summed E-state index contributed by atoms with van der Waals surface area (Å²) in [6.07, 6.45) is 1.50. The Bertz CT molecular complexity index is 354. The van der Waals surface area contributed by atoms with Gasteiger partial charge in [0.15, 0.2) is 5.75 Å². The Kier molecular flexibility index (Phi) is 2.28. The number of aromatic amines is 1. The summed E-state index contributed by atoms with van der Waals surface area (Å²) in [5.74, 6) is -0.417. The molecular formula is C8H9NO3. The lowest BCUT2D eigenvalue weighted by Crippen LogP contribution is -2.12. The number of rotatable bonds is 1. The molecule has 0 radical (unpaired) electrons. The monoisotopic (exact) mass is 167 g/mol. The van der Waals surface area contributed by atoms with E-state index in [9.17, 15) is 9.59 Å². The molecule has 0 amide bonds. The van der Waals surface area contributed by atoms with Gasteiger partial charge in [-0.25, -0.2) is 0 Å². The number of H-pyrrole nitrogens is 1. The lowest BCUT2D eigenvalue weighted by molar-refractivity contribution is -0.132. The van der Waals surface area contributed by atoms with E-state index in [1.54, 1.807) is 6.92 Å². The van der Waals surface area contributed by atoms with Crippen LogP contribution in [0.5, 0.6) is 5.75 Å². The van der Waals surface area contributed by atoms with Crippen LogP contribution < -0.4 is 10.2 Å². The normalized spacial score (nSPS) is 9.50. The molecule has 0 saturated carbocycles. The number of aromatic nitrogens is 1. The van der Waals surface area contributed by atoms with Crippen LogP contribution in [0.15, 0.2) is 17.1 Å². The molecule has 64 valence electrons. The number of hydrogen-bond acceptors (Lipinski definition) is 3. The SMILES string of the molecule is CC(=O)Oc1c(C)[nH]ccc1=O. The van der Waals surface area contributed by atoms with Gasteiger partial charge < -0.3 is 9.72 Å². The molecular weight excluding hydrogens is 158 g/mol. The first kappa shape index (κ1) is 8.52. The Morgan fingerprint density at radius 3 is 2.75 bits per heavy atom. The quantitative estimate of drug-likeness (QED) is 0.623. The van der Waals surface area contributed by atoms with Crippen molar-refractivity contribution in [1.82, 2.24) is 4.98 Å². The third-order valence-electron chi connectivity index (χ3n) is 1.34. The second kappa shape index (κ2) is 3.21. The van der Waals surface area contributed by atoms with E-state index in [-0.39, 0.29) is 11.2 Å². The average Bonchev–Trinajstić information content (AvgIpc) is 1.97. The highest BCUT2D eigenvalue weighted by Gasteiger charge is 2.05. The molecule has 0 aromatic carbocycles. The van der Waals surface area contributed by atoms with Gasteiger partial charge in [-0.1, -0.05) is 0 Å². The lowest BCUT2D eigenvalue weighted by Gasteiger charge is -2.02. The Labute approximate surface area is 69.2 Å². The van der Waals surface area contributed by atoms with Gasteiger partial charge in [0, 0.05) is 19.2 Å². The average molecular weight is 167 g/mol. The van der Waals surface area contributed by atoms with E-state index < -0.39 is 5.97 Å². The summed E-state index contributed by atoms with van der Waals surface area (Å²) < 4.78 is 4.69. The number of aryl methyl sites for hydroxylation is 1. The van der Waals surface area contributed by atoms with Crippen molar-refractivity contribution < 1.29 is 9.53 Å². The lowest BCUT2D eigenvalue weighted by atomic mass is 10.3. The molecule has 1 aromatic rings. The highest BCUT2D eigenvalue weighted by molar-refractivity contribution is 5.69. The van der Waals surface area contributed by atoms with Crippen molar-refractivity contribution in [1.29, 1.82) is 0 Å². The predicted molar refractivity (Wildman–Crippen MR) is 43.1 cm³/mol. The number of ether oxygens (including phenoxy) is 1. The Hall–Kier alpha value is -1.58. The first-order valence-electron chi connectivity index (χ1n) is 3.48. The molecule has 0 saturated heterocycles. The minimum Gasteiger partial charge on any atom is -0.421 e. The van der Waals surface area contributed by atoms with E-state index >= 15 is 0 Å². The second-order valence-corrected chi connectivity index (χ2v) is 2.39. The summed E-state index contributed by atoms with van der Waals surface area (Å²) in [6.45, 7) is 2.92. The zero-order valence-electron chi connectivity index (χ0n) is 6.88. The molecule has 4 heteroatoms. The second-order valence-electron chi connectivity index (χ2n) is 2.39. The Morgan fingerprint density at radius 2 is 2.25 bits per heavy atom. The van der Waals surface area contributed by atoms with Crippen molar-refractivity contribution in [2.75, 3.05) is 0 Å². The van der Waals surface area contributed by atoms with E-state index in [4.69, 9.17) is 4.74 Å². The summed E-state index contributed by atoms with van der Waals surface area (Å²) in [4.78, 5) is 24.4. The first-order chi connectivity index (χ1) is 5.61. The van der Waals surface area contributed by atoms with Gasteiger partial charge in [0.05, 0.1) is 5.69 Å². The summed E-state index contributed by atoms with van der Waals surface area (Å²) >= 11 is 0. The maximum Gasteiger partial charge on any atom is 0.308 e. The van der Waals surface area contributed by atoms with E-state index in [2.05, 4.69) is 4.98 Å². The van der Waals surface area contributed by atoms with Crippen molar-refractivity contribution in [3.63, 3.8) is 0 Å². The van der Waals surface area contributed by atoms with Gasteiger partial charge in [-0.3, -0.25) is 9.59 Å². The van der Waals surface area contributed by atoms with E-state index in [1.807, 2.05) is 0 Å². The molecule has 0 aliphatic carbocycles. The molecule has 0 unspecified atom stereocenters. The maximum atomic E-state index is 11.1. The Morgan fingerprint density at radius 1 is 1.58 bits per heavy atom. The molecule has 0 bridgehead atoms. The number of nitrogens with one attached hydrogen (secondary N) is 1. The minimum atomic E-state index is -0.491. The number of carbonyl (C=O) groups excluding carboxylic acids is 1. The molecule has 0 spiro atoms.